The molecule has 0 saturated carbocycles. The van der Waals surface area contributed by atoms with Crippen molar-refractivity contribution in [3.05, 3.63) is 101 Å². The van der Waals surface area contributed by atoms with Crippen LogP contribution < -0.4 is 15.8 Å². The van der Waals surface area contributed by atoms with E-state index in [-0.39, 0.29) is 11.4 Å². The van der Waals surface area contributed by atoms with Crippen LogP contribution in [0.4, 0.5) is 0 Å². The molecule has 146 valence electrons. The van der Waals surface area contributed by atoms with Gasteiger partial charge in [0.15, 0.2) is 0 Å². The average molecular weight is 388 g/mol. The SMILES string of the molecule is NC(=O)/C(=C/c1ccc(OCc2cccc(O)c2)cc1)NC(=O)c1ccccc1. The van der Waals surface area contributed by atoms with Gasteiger partial charge in [-0.15, -0.1) is 0 Å². The molecule has 0 aliphatic rings. The van der Waals surface area contributed by atoms with Crippen molar-refractivity contribution in [2.24, 2.45) is 5.73 Å². The summed E-state index contributed by atoms with van der Waals surface area (Å²) in [5.41, 5.74) is 7.34. The van der Waals surface area contributed by atoms with Crippen molar-refractivity contribution in [1.82, 2.24) is 5.32 Å². The molecule has 0 heterocycles. The van der Waals surface area contributed by atoms with Gasteiger partial charge in [0, 0.05) is 5.56 Å². The summed E-state index contributed by atoms with van der Waals surface area (Å²) < 4.78 is 5.68. The summed E-state index contributed by atoms with van der Waals surface area (Å²) in [6.45, 7) is 0.309. The minimum atomic E-state index is -0.738. The highest BCUT2D eigenvalue weighted by molar-refractivity contribution is 6.04. The third-order valence-electron chi connectivity index (χ3n) is 4.06. The Morgan fingerprint density at radius 2 is 1.69 bits per heavy atom. The molecule has 0 fully saturated rings. The van der Waals surface area contributed by atoms with E-state index >= 15 is 0 Å². The summed E-state index contributed by atoms with van der Waals surface area (Å²) in [5, 5.41) is 12.0. The lowest BCUT2D eigenvalue weighted by molar-refractivity contribution is -0.114. The number of nitrogens with one attached hydrogen (secondary N) is 1. The van der Waals surface area contributed by atoms with Crippen LogP contribution in [0.25, 0.3) is 6.08 Å². The molecule has 3 aromatic carbocycles. The number of carbonyl (C=O) groups excluding carboxylic acids is 2. The van der Waals surface area contributed by atoms with E-state index in [4.69, 9.17) is 10.5 Å². The van der Waals surface area contributed by atoms with Crippen molar-refractivity contribution in [2.75, 3.05) is 0 Å². The van der Waals surface area contributed by atoms with Gasteiger partial charge < -0.3 is 20.9 Å². The Morgan fingerprint density at radius 1 is 0.966 bits per heavy atom. The molecule has 0 radical (unpaired) electrons. The number of amides is 2. The van der Waals surface area contributed by atoms with E-state index < -0.39 is 11.8 Å². The van der Waals surface area contributed by atoms with Crippen LogP contribution in [0.15, 0.2) is 84.6 Å². The molecule has 0 bridgehead atoms. The van der Waals surface area contributed by atoms with Crippen molar-refractivity contribution in [3.8, 4) is 11.5 Å². The predicted molar refractivity (Wildman–Crippen MR) is 110 cm³/mol. The van der Waals surface area contributed by atoms with Gasteiger partial charge in [-0.05, 0) is 53.6 Å². The van der Waals surface area contributed by atoms with Crippen molar-refractivity contribution in [1.29, 1.82) is 0 Å². The molecule has 6 nitrogen and oxygen atoms in total. The fourth-order valence-corrected chi connectivity index (χ4v) is 2.59. The highest BCUT2D eigenvalue weighted by Gasteiger charge is 2.11. The van der Waals surface area contributed by atoms with Crippen LogP contribution in [0.1, 0.15) is 21.5 Å². The van der Waals surface area contributed by atoms with Crippen molar-refractivity contribution in [2.45, 2.75) is 6.61 Å². The summed E-state index contributed by atoms with van der Waals surface area (Å²) in [6, 6.07) is 22.4. The number of benzene rings is 3. The van der Waals surface area contributed by atoms with Gasteiger partial charge in [-0.2, -0.15) is 0 Å². The molecule has 4 N–H and O–H groups in total. The number of rotatable bonds is 7. The third kappa shape index (κ3) is 5.71. The Hall–Kier alpha value is -4.06. The van der Waals surface area contributed by atoms with Crippen molar-refractivity contribution in [3.63, 3.8) is 0 Å². The van der Waals surface area contributed by atoms with Crippen LogP contribution in [0.5, 0.6) is 11.5 Å². The lowest BCUT2D eigenvalue weighted by Crippen LogP contribution is -2.31. The average Bonchev–Trinajstić information content (AvgIpc) is 2.73. The maximum Gasteiger partial charge on any atom is 0.265 e. The molecule has 0 saturated heterocycles. The number of primary amides is 1. The van der Waals surface area contributed by atoms with Crippen LogP contribution in [0, 0.1) is 0 Å². The maximum atomic E-state index is 12.3. The van der Waals surface area contributed by atoms with Gasteiger partial charge in [0.1, 0.15) is 23.8 Å². The number of phenols is 1. The smallest absolute Gasteiger partial charge is 0.265 e. The molecular weight excluding hydrogens is 368 g/mol. The zero-order chi connectivity index (χ0) is 20.6. The van der Waals surface area contributed by atoms with Gasteiger partial charge in [-0.25, -0.2) is 0 Å². The summed E-state index contributed by atoms with van der Waals surface area (Å²) >= 11 is 0. The molecule has 0 aliphatic carbocycles. The van der Waals surface area contributed by atoms with E-state index in [9.17, 15) is 14.7 Å². The molecule has 6 heteroatoms. The molecule has 3 rings (SSSR count). The van der Waals surface area contributed by atoms with E-state index in [1.165, 1.54) is 6.08 Å². The second-order valence-corrected chi connectivity index (χ2v) is 6.27. The number of hydrogen-bond acceptors (Lipinski definition) is 4. The largest absolute Gasteiger partial charge is 0.508 e. The fourth-order valence-electron chi connectivity index (χ4n) is 2.59. The number of aromatic hydroxyl groups is 1. The Labute approximate surface area is 168 Å². The van der Waals surface area contributed by atoms with Crippen molar-refractivity contribution < 1.29 is 19.4 Å². The van der Waals surface area contributed by atoms with Crippen LogP contribution >= 0.6 is 0 Å². The molecule has 0 unspecified atom stereocenters. The Bertz CT molecular complexity index is 1030. The van der Waals surface area contributed by atoms with Gasteiger partial charge in [0.2, 0.25) is 0 Å². The fraction of sp³-hybridized carbons (Fsp3) is 0.0435. The Kier molecular flexibility index (Phi) is 6.27. The second kappa shape index (κ2) is 9.23. The first kappa shape index (κ1) is 19.7. The summed E-state index contributed by atoms with van der Waals surface area (Å²) in [4.78, 5) is 24.0. The van der Waals surface area contributed by atoms with Gasteiger partial charge in [0.25, 0.3) is 11.8 Å². The van der Waals surface area contributed by atoms with E-state index in [0.717, 1.165) is 5.56 Å². The zero-order valence-electron chi connectivity index (χ0n) is 15.5. The van der Waals surface area contributed by atoms with E-state index in [1.54, 1.807) is 72.8 Å². The quantitative estimate of drug-likeness (QED) is 0.541. The molecule has 0 aliphatic heterocycles. The predicted octanol–water partition coefficient (Wildman–Crippen LogP) is 3.23. The molecular formula is C23H20N2O4. The zero-order valence-corrected chi connectivity index (χ0v) is 15.5. The lowest BCUT2D eigenvalue weighted by atomic mass is 10.1. The number of ether oxygens (including phenoxy) is 1. The van der Waals surface area contributed by atoms with Crippen molar-refractivity contribution >= 4 is 17.9 Å². The topological polar surface area (TPSA) is 102 Å². The number of carbonyl (C=O) groups is 2. The first-order valence-corrected chi connectivity index (χ1v) is 8.90. The monoisotopic (exact) mass is 388 g/mol. The first-order valence-electron chi connectivity index (χ1n) is 8.90. The normalized spacial score (nSPS) is 11.0. The molecule has 2 amide bonds. The molecule has 0 atom stereocenters. The summed E-state index contributed by atoms with van der Waals surface area (Å²) in [7, 11) is 0. The highest BCUT2D eigenvalue weighted by Crippen LogP contribution is 2.17. The van der Waals surface area contributed by atoms with Crippen LogP contribution in [-0.4, -0.2) is 16.9 Å². The van der Waals surface area contributed by atoms with E-state index in [2.05, 4.69) is 5.32 Å². The van der Waals surface area contributed by atoms with Gasteiger partial charge in [0.05, 0.1) is 0 Å². The molecule has 3 aromatic rings. The maximum absolute atomic E-state index is 12.3. The minimum Gasteiger partial charge on any atom is -0.508 e. The highest BCUT2D eigenvalue weighted by atomic mass is 16.5. The Morgan fingerprint density at radius 3 is 2.34 bits per heavy atom. The summed E-state index contributed by atoms with van der Waals surface area (Å²) in [5.74, 6) is -0.345. The second-order valence-electron chi connectivity index (χ2n) is 6.27. The van der Waals surface area contributed by atoms with Crippen LogP contribution in [0.2, 0.25) is 0 Å². The molecule has 0 spiro atoms. The van der Waals surface area contributed by atoms with Crippen LogP contribution in [-0.2, 0) is 11.4 Å². The Balaban J connectivity index is 1.67. The van der Waals surface area contributed by atoms with Gasteiger partial charge in [-0.3, -0.25) is 9.59 Å². The van der Waals surface area contributed by atoms with E-state index in [0.29, 0.717) is 23.5 Å². The number of phenolic OH excluding ortho intramolecular Hbond substituents is 1. The lowest BCUT2D eigenvalue weighted by Gasteiger charge is -2.08. The molecule has 29 heavy (non-hydrogen) atoms. The molecule has 0 aromatic heterocycles. The van der Waals surface area contributed by atoms with Gasteiger partial charge in [-0.1, -0.05) is 42.5 Å². The number of hydrogen-bond donors (Lipinski definition) is 3. The van der Waals surface area contributed by atoms with Crippen LogP contribution in [0.3, 0.4) is 0 Å². The number of nitrogens with two attached hydrogens (primary N) is 1. The van der Waals surface area contributed by atoms with E-state index in [1.807, 2.05) is 6.07 Å². The van der Waals surface area contributed by atoms with Gasteiger partial charge >= 0.3 is 0 Å². The standard InChI is InChI=1S/C23H20N2O4/c24-22(27)21(25-23(28)18-6-2-1-3-7-18)14-16-9-11-20(12-10-16)29-15-17-5-4-8-19(26)13-17/h1-14,26H,15H2,(H2,24,27)(H,25,28)/b21-14-. The first-order chi connectivity index (χ1) is 14.0. The summed E-state index contributed by atoms with van der Waals surface area (Å²) in [6.07, 6.45) is 1.50. The third-order valence-corrected chi connectivity index (χ3v) is 4.06. The minimum absolute atomic E-state index is 0.00715.